The van der Waals surface area contributed by atoms with Gasteiger partial charge in [0.05, 0.1) is 23.8 Å². The Morgan fingerprint density at radius 2 is 1.79 bits per heavy atom. The summed E-state index contributed by atoms with van der Waals surface area (Å²) in [6, 6.07) is 8.10. The quantitative estimate of drug-likeness (QED) is 0.523. The molecular weight excluding hydrogens is 395 g/mol. The third kappa shape index (κ3) is 5.55. The SMILES string of the molecule is CCCCOc1cccc(OCC)c1C(=O)Nc1ccc(Cl)c(C(F)(F)F)c1. The maximum Gasteiger partial charge on any atom is 0.417 e. The number of anilines is 1. The molecule has 8 heteroatoms. The summed E-state index contributed by atoms with van der Waals surface area (Å²) < 4.78 is 50.3. The van der Waals surface area contributed by atoms with E-state index in [4.69, 9.17) is 21.1 Å². The van der Waals surface area contributed by atoms with E-state index in [0.717, 1.165) is 25.0 Å². The number of halogens is 4. The highest BCUT2D eigenvalue weighted by molar-refractivity contribution is 6.31. The molecule has 0 fully saturated rings. The lowest BCUT2D eigenvalue weighted by molar-refractivity contribution is -0.137. The molecule has 0 aromatic heterocycles. The molecule has 2 aromatic rings. The first kappa shape index (κ1) is 21.9. The van der Waals surface area contributed by atoms with Gasteiger partial charge in [-0.05, 0) is 43.7 Å². The second-order valence-corrected chi connectivity index (χ2v) is 6.32. The topological polar surface area (TPSA) is 47.6 Å². The van der Waals surface area contributed by atoms with Gasteiger partial charge in [-0.3, -0.25) is 4.79 Å². The fourth-order valence-corrected chi connectivity index (χ4v) is 2.70. The van der Waals surface area contributed by atoms with E-state index in [2.05, 4.69) is 5.32 Å². The van der Waals surface area contributed by atoms with Crippen molar-refractivity contribution in [1.82, 2.24) is 0 Å². The monoisotopic (exact) mass is 415 g/mol. The molecule has 1 amide bonds. The highest BCUT2D eigenvalue weighted by atomic mass is 35.5. The highest BCUT2D eigenvalue weighted by Crippen LogP contribution is 2.37. The fourth-order valence-electron chi connectivity index (χ4n) is 2.47. The number of carbonyl (C=O) groups excluding carboxylic acids is 1. The average molecular weight is 416 g/mol. The molecule has 0 saturated heterocycles. The number of hydrogen-bond acceptors (Lipinski definition) is 3. The number of unbranched alkanes of at least 4 members (excludes halogenated alkanes) is 1. The number of alkyl halides is 3. The molecule has 0 heterocycles. The summed E-state index contributed by atoms with van der Waals surface area (Å²) >= 11 is 5.62. The number of amides is 1. The number of benzene rings is 2. The van der Waals surface area contributed by atoms with Crippen LogP contribution in [0, 0.1) is 0 Å². The second kappa shape index (κ2) is 9.68. The Morgan fingerprint density at radius 1 is 1.11 bits per heavy atom. The van der Waals surface area contributed by atoms with E-state index in [0.29, 0.717) is 24.7 Å². The molecule has 28 heavy (non-hydrogen) atoms. The fraction of sp³-hybridized carbons (Fsp3) is 0.350. The van der Waals surface area contributed by atoms with Crippen molar-refractivity contribution in [3.05, 3.63) is 52.5 Å². The highest BCUT2D eigenvalue weighted by Gasteiger charge is 2.33. The van der Waals surface area contributed by atoms with Crippen LogP contribution < -0.4 is 14.8 Å². The van der Waals surface area contributed by atoms with Gasteiger partial charge >= 0.3 is 6.18 Å². The molecule has 2 aromatic carbocycles. The molecule has 0 aliphatic rings. The number of nitrogens with one attached hydrogen (secondary N) is 1. The van der Waals surface area contributed by atoms with E-state index in [1.807, 2.05) is 6.92 Å². The Balaban J connectivity index is 2.35. The molecule has 0 atom stereocenters. The Morgan fingerprint density at radius 3 is 2.39 bits per heavy atom. The van der Waals surface area contributed by atoms with Crippen LogP contribution in [0.15, 0.2) is 36.4 Å². The zero-order chi connectivity index (χ0) is 20.7. The van der Waals surface area contributed by atoms with E-state index in [1.54, 1.807) is 25.1 Å². The average Bonchev–Trinajstić information content (AvgIpc) is 2.63. The van der Waals surface area contributed by atoms with Crippen molar-refractivity contribution >= 4 is 23.2 Å². The van der Waals surface area contributed by atoms with Crippen LogP contribution >= 0.6 is 11.6 Å². The van der Waals surface area contributed by atoms with Gasteiger partial charge in [0.15, 0.2) is 0 Å². The normalized spacial score (nSPS) is 11.2. The van der Waals surface area contributed by atoms with Crippen LogP contribution in [-0.2, 0) is 6.18 Å². The third-order valence-electron chi connectivity index (χ3n) is 3.80. The van der Waals surface area contributed by atoms with Crippen LogP contribution in [0.2, 0.25) is 5.02 Å². The van der Waals surface area contributed by atoms with Crippen molar-refractivity contribution in [2.24, 2.45) is 0 Å². The minimum Gasteiger partial charge on any atom is -0.493 e. The Bertz CT molecular complexity index is 825. The molecule has 0 bridgehead atoms. The van der Waals surface area contributed by atoms with Gasteiger partial charge in [0.1, 0.15) is 17.1 Å². The lowest BCUT2D eigenvalue weighted by Crippen LogP contribution is -2.16. The van der Waals surface area contributed by atoms with Gasteiger partial charge < -0.3 is 14.8 Å². The molecule has 0 unspecified atom stereocenters. The van der Waals surface area contributed by atoms with Gasteiger partial charge in [-0.15, -0.1) is 0 Å². The van der Waals surface area contributed by atoms with E-state index in [1.165, 1.54) is 6.07 Å². The maximum atomic E-state index is 13.1. The van der Waals surface area contributed by atoms with Crippen molar-refractivity contribution < 1.29 is 27.4 Å². The van der Waals surface area contributed by atoms with Crippen molar-refractivity contribution in [3.63, 3.8) is 0 Å². The minimum absolute atomic E-state index is 0.0347. The zero-order valence-corrected chi connectivity index (χ0v) is 16.3. The van der Waals surface area contributed by atoms with Crippen LogP contribution in [0.5, 0.6) is 11.5 Å². The summed E-state index contributed by atoms with van der Waals surface area (Å²) in [5.74, 6) is -0.0353. The maximum absolute atomic E-state index is 13.1. The molecule has 0 aliphatic carbocycles. The molecule has 0 aliphatic heterocycles. The first-order valence-corrected chi connectivity index (χ1v) is 9.22. The Kier molecular flexibility index (Phi) is 7.57. The summed E-state index contributed by atoms with van der Waals surface area (Å²) in [4.78, 5) is 12.8. The standard InChI is InChI=1S/C20H21ClF3NO3/c1-3-5-11-28-17-8-6-7-16(27-4-2)18(17)19(26)25-13-9-10-15(21)14(12-13)20(22,23)24/h6-10,12H,3-5,11H2,1-2H3,(H,25,26). The van der Waals surface area contributed by atoms with Gasteiger partial charge in [0, 0.05) is 5.69 Å². The lowest BCUT2D eigenvalue weighted by atomic mass is 10.1. The summed E-state index contributed by atoms with van der Waals surface area (Å²) in [6.07, 6.45) is -2.92. The largest absolute Gasteiger partial charge is 0.493 e. The van der Waals surface area contributed by atoms with Gasteiger partial charge in [0.25, 0.3) is 5.91 Å². The van der Waals surface area contributed by atoms with Crippen molar-refractivity contribution in [2.45, 2.75) is 32.9 Å². The predicted octanol–water partition coefficient (Wildman–Crippen LogP) is 6.19. The number of hydrogen-bond donors (Lipinski definition) is 1. The van der Waals surface area contributed by atoms with E-state index < -0.39 is 22.7 Å². The van der Waals surface area contributed by atoms with Gasteiger partial charge in [-0.2, -0.15) is 13.2 Å². The molecule has 0 spiro atoms. The van der Waals surface area contributed by atoms with Gasteiger partial charge in [-0.25, -0.2) is 0 Å². The second-order valence-electron chi connectivity index (χ2n) is 5.91. The van der Waals surface area contributed by atoms with Crippen molar-refractivity contribution in [2.75, 3.05) is 18.5 Å². The summed E-state index contributed by atoms with van der Waals surface area (Å²) in [5, 5.41) is 2.03. The molecule has 2 rings (SSSR count). The Labute approximate surface area is 166 Å². The van der Waals surface area contributed by atoms with Crippen LogP contribution in [0.1, 0.15) is 42.6 Å². The molecule has 1 N–H and O–H groups in total. The van der Waals surface area contributed by atoms with Crippen molar-refractivity contribution in [1.29, 1.82) is 0 Å². The smallest absolute Gasteiger partial charge is 0.417 e. The van der Waals surface area contributed by atoms with Gasteiger partial charge in [0.2, 0.25) is 0 Å². The molecule has 152 valence electrons. The zero-order valence-electron chi connectivity index (χ0n) is 15.5. The molecule has 4 nitrogen and oxygen atoms in total. The van der Waals surface area contributed by atoms with Crippen LogP contribution in [0.4, 0.5) is 18.9 Å². The molecule has 0 radical (unpaired) electrons. The van der Waals surface area contributed by atoms with E-state index >= 15 is 0 Å². The van der Waals surface area contributed by atoms with Crippen LogP contribution in [0.25, 0.3) is 0 Å². The van der Waals surface area contributed by atoms with E-state index in [9.17, 15) is 18.0 Å². The summed E-state index contributed by atoms with van der Waals surface area (Å²) in [6.45, 7) is 4.50. The van der Waals surface area contributed by atoms with Crippen LogP contribution in [0.3, 0.4) is 0 Å². The first-order chi connectivity index (χ1) is 13.3. The third-order valence-corrected chi connectivity index (χ3v) is 4.13. The van der Waals surface area contributed by atoms with Crippen LogP contribution in [-0.4, -0.2) is 19.1 Å². The van der Waals surface area contributed by atoms with Gasteiger partial charge in [-0.1, -0.05) is 31.0 Å². The Hall–Kier alpha value is -2.41. The molecular formula is C20H21ClF3NO3. The number of carbonyl (C=O) groups is 1. The predicted molar refractivity (Wildman–Crippen MR) is 102 cm³/mol. The minimum atomic E-state index is -4.63. The van der Waals surface area contributed by atoms with E-state index in [-0.39, 0.29) is 11.3 Å². The lowest BCUT2D eigenvalue weighted by Gasteiger charge is -2.16. The summed E-state index contributed by atoms with van der Waals surface area (Å²) in [7, 11) is 0. The first-order valence-electron chi connectivity index (χ1n) is 8.84. The van der Waals surface area contributed by atoms with Crippen molar-refractivity contribution in [3.8, 4) is 11.5 Å². The number of rotatable bonds is 8. The summed E-state index contributed by atoms with van der Waals surface area (Å²) in [5.41, 5.74) is -0.930. The number of ether oxygens (including phenoxy) is 2. The molecule has 0 saturated carbocycles.